The van der Waals surface area contributed by atoms with E-state index in [1.807, 2.05) is 6.07 Å². The number of benzene rings is 1. The van der Waals surface area contributed by atoms with E-state index in [2.05, 4.69) is 63.4 Å². The Balaban J connectivity index is 2.54. The normalized spacial score (nSPS) is 13.7. The van der Waals surface area contributed by atoms with E-state index in [0.29, 0.717) is 19.5 Å². The first-order valence-electron chi connectivity index (χ1n) is 9.09. The number of nitrogens with zero attached hydrogens (tertiary/aromatic N) is 2. The third kappa shape index (κ3) is 8.64. The Morgan fingerprint density at radius 1 is 1.12 bits per heavy atom. The second-order valence-electron chi connectivity index (χ2n) is 6.05. The van der Waals surface area contributed by atoms with Crippen LogP contribution in [-0.4, -0.2) is 65.3 Å². The van der Waals surface area contributed by atoms with Crippen LogP contribution in [0.15, 0.2) is 35.3 Å². The van der Waals surface area contributed by atoms with E-state index in [4.69, 9.17) is 0 Å². The van der Waals surface area contributed by atoms with Gasteiger partial charge in [0.15, 0.2) is 5.96 Å². The van der Waals surface area contributed by atoms with Crippen molar-refractivity contribution in [1.82, 2.24) is 20.3 Å². The zero-order chi connectivity index (χ0) is 19.4. The standard InChI is InChI=1S/C18H33N5O2S/c1-5-23(6-2)17(16-11-8-7-9-12-16)15-21-18(19-3)20-13-10-14-22-26(4,24)25/h7-9,11-12,17,22H,5-6,10,13-15H2,1-4H3,(H2,19,20,21). The second kappa shape index (κ2) is 11.9. The van der Waals surface area contributed by atoms with Crippen LogP contribution < -0.4 is 15.4 Å². The highest BCUT2D eigenvalue weighted by Gasteiger charge is 2.18. The fraction of sp³-hybridized carbons (Fsp3) is 0.611. The molecule has 0 heterocycles. The van der Waals surface area contributed by atoms with E-state index in [9.17, 15) is 8.42 Å². The van der Waals surface area contributed by atoms with Gasteiger partial charge in [0.25, 0.3) is 0 Å². The van der Waals surface area contributed by atoms with Crippen molar-refractivity contribution in [3.8, 4) is 0 Å². The Hall–Kier alpha value is -1.64. The van der Waals surface area contributed by atoms with Gasteiger partial charge >= 0.3 is 0 Å². The molecule has 1 atom stereocenters. The molecule has 0 amide bonds. The molecule has 0 aliphatic carbocycles. The number of hydrogen-bond donors (Lipinski definition) is 3. The number of likely N-dealkylation sites (N-methyl/N-ethyl adjacent to an activating group) is 1. The number of hydrogen-bond acceptors (Lipinski definition) is 4. The van der Waals surface area contributed by atoms with Gasteiger partial charge in [0, 0.05) is 26.7 Å². The Morgan fingerprint density at radius 3 is 2.31 bits per heavy atom. The Labute approximate surface area is 158 Å². The van der Waals surface area contributed by atoms with E-state index in [1.165, 1.54) is 5.56 Å². The van der Waals surface area contributed by atoms with Gasteiger partial charge in [-0.05, 0) is 25.1 Å². The number of guanidine groups is 1. The van der Waals surface area contributed by atoms with Crippen molar-refractivity contribution in [3.63, 3.8) is 0 Å². The highest BCUT2D eigenvalue weighted by molar-refractivity contribution is 7.88. The summed E-state index contributed by atoms with van der Waals surface area (Å²) >= 11 is 0. The van der Waals surface area contributed by atoms with Crippen LogP contribution >= 0.6 is 0 Å². The molecule has 148 valence electrons. The molecular formula is C18H33N5O2S. The first-order valence-corrected chi connectivity index (χ1v) is 11.0. The van der Waals surface area contributed by atoms with Crippen molar-refractivity contribution in [2.75, 3.05) is 46.0 Å². The number of nitrogens with one attached hydrogen (secondary N) is 3. The van der Waals surface area contributed by atoms with E-state index >= 15 is 0 Å². The van der Waals surface area contributed by atoms with Gasteiger partial charge in [0.2, 0.25) is 10.0 Å². The average molecular weight is 384 g/mol. The van der Waals surface area contributed by atoms with Crippen molar-refractivity contribution < 1.29 is 8.42 Å². The quantitative estimate of drug-likeness (QED) is 0.303. The van der Waals surface area contributed by atoms with Crippen LogP contribution in [0.2, 0.25) is 0 Å². The van der Waals surface area contributed by atoms with Crippen LogP contribution in [0, 0.1) is 0 Å². The van der Waals surface area contributed by atoms with Crippen LogP contribution in [0.3, 0.4) is 0 Å². The van der Waals surface area contributed by atoms with Gasteiger partial charge in [-0.2, -0.15) is 0 Å². The fourth-order valence-corrected chi connectivity index (χ4v) is 3.28. The van der Waals surface area contributed by atoms with E-state index in [-0.39, 0.29) is 6.04 Å². The van der Waals surface area contributed by atoms with Crippen LogP contribution in [-0.2, 0) is 10.0 Å². The SMILES string of the molecule is CCN(CC)C(CNC(=NC)NCCCNS(C)(=O)=O)c1ccccc1. The van der Waals surface area contributed by atoms with Gasteiger partial charge in [0.1, 0.15) is 0 Å². The van der Waals surface area contributed by atoms with Gasteiger partial charge in [-0.25, -0.2) is 13.1 Å². The molecule has 0 aromatic heterocycles. The molecule has 0 bridgehead atoms. The first kappa shape index (κ1) is 22.4. The molecule has 0 saturated carbocycles. The van der Waals surface area contributed by atoms with Crippen molar-refractivity contribution >= 4 is 16.0 Å². The highest BCUT2D eigenvalue weighted by Crippen LogP contribution is 2.19. The summed E-state index contributed by atoms with van der Waals surface area (Å²) < 4.78 is 24.6. The van der Waals surface area contributed by atoms with Crippen molar-refractivity contribution in [2.24, 2.45) is 4.99 Å². The second-order valence-corrected chi connectivity index (χ2v) is 7.88. The smallest absolute Gasteiger partial charge is 0.208 e. The number of rotatable bonds is 11. The van der Waals surface area contributed by atoms with E-state index < -0.39 is 10.0 Å². The van der Waals surface area contributed by atoms with Crippen LogP contribution in [0.4, 0.5) is 0 Å². The lowest BCUT2D eigenvalue weighted by Crippen LogP contribution is -2.43. The van der Waals surface area contributed by atoms with E-state index in [0.717, 1.165) is 31.8 Å². The maximum atomic E-state index is 11.0. The van der Waals surface area contributed by atoms with Gasteiger partial charge in [-0.3, -0.25) is 9.89 Å². The third-order valence-corrected chi connectivity index (χ3v) is 4.86. The number of sulfonamides is 1. The summed E-state index contributed by atoms with van der Waals surface area (Å²) in [6.07, 6.45) is 1.85. The van der Waals surface area contributed by atoms with E-state index in [1.54, 1.807) is 7.05 Å². The van der Waals surface area contributed by atoms with Crippen LogP contribution in [0.25, 0.3) is 0 Å². The molecule has 1 rings (SSSR count). The van der Waals surface area contributed by atoms with Gasteiger partial charge in [-0.15, -0.1) is 0 Å². The molecule has 7 nitrogen and oxygen atoms in total. The summed E-state index contributed by atoms with van der Waals surface area (Å²) in [5, 5.41) is 6.61. The zero-order valence-corrected chi connectivity index (χ0v) is 17.1. The Kier molecular flexibility index (Phi) is 10.2. The van der Waals surface area contributed by atoms with Gasteiger partial charge in [-0.1, -0.05) is 44.2 Å². The Morgan fingerprint density at radius 2 is 1.77 bits per heavy atom. The largest absolute Gasteiger partial charge is 0.356 e. The lowest BCUT2D eigenvalue weighted by Gasteiger charge is -2.30. The highest BCUT2D eigenvalue weighted by atomic mass is 32.2. The molecule has 1 unspecified atom stereocenters. The predicted molar refractivity (Wildman–Crippen MR) is 109 cm³/mol. The molecular weight excluding hydrogens is 350 g/mol. The topological polar surface area (TPSA) is 85.8 Å². The predicted octanol–water partition coefficient (Wildman–Crippen LogP) is 1.17. The minimum Gasteiger partial charge on any atom is -0.356 e. The van der Waals surface area contributed by atoms with Gasteiger partial charge in [0.05, 0.1) is 12.3 Å². The maximum Gasteiger partial charge on any atom is 0.208 e. The minimum absolute atomic E-state index is 0.261. The monoisotopic (exact) mass is 383 g/mol. The summed E-state index contributed by atoms with van der Waals surface area (Å²) in [7, 11) is -1.39. The van der Waals surface area contributed by atoms with Crippen molar-refractivity contribution in [3.05, 3.63) is 35.9 Å². The molecule has 8 heteroatoms. The summed E-state index contributed by atoms with van der Waals surface area (Å²) in [6, 6.07) is 10.7. The summed E-state index contributed by atoms with van der Waals surface area (Å²) in [5.74, 6) is 0.720. The first-order chi connectivity index (χ1) is 12.4. The van der Waals surface area contributed by atoms with Crippen LogP contribution in [0.1, 0.15) is 31.9 Å². The summed E-state index contributed by atoms with van der Waals surface area (Å²) in [4.78, 5) is 6.66. The summed E-state index contributed by atoms with van der Waals surface area (Å²) in [5.41, 5.74) is 1.27. The third-order valence-electron chi connectivity index (χ3n) is 4.13. The molecule has 0 saturated heterocycles. The Bertz CT molecular complexity index is 630. The molecule has 0 radical (unpaired) electrons. The minimum atomic E-state index is -3.13. The van der Waals surface area contributed by atoms with Crippen molar-refractivity contribution in [2.45, 2.75) is 26.3 Å². The molecule has 26 heavy (non-hydrogen) atoms. The maximum absolute atomic E-state index is 11.0. The lowest BCUT2D eigenvalue weighted by atomic mass is 10.1. The molecule has 1 aromatic rings. The molecule has 0 aliphatic rings. The number of aliphatic imine (C=N–C) groups is 1. The molecule has 0 spiro atoms. The average Bonchev–Trinajstić information content (AvgIpc) is 2.62. The fourth-order valence-electron chi connectivity index (χ4n) is 2.76. The molecule has 0 aliphatic heterocycles. The molecule has 0 fully saturated rings. The molecule has 1 aromatic carbocycles. The van der Waals surface area contributed by atoms with Crippen LogP contribution in [0.5, 0.6) is 0 Å². The molecule has 3 N–H and O–H groups in total. The van der Waals surface area contributed by atoms with Gasteiger partial charge < -0.3 is 10.6 Å². The zero-order valence-electron chi connectivity index (χ0n) is 16.3. The summed E-state index contributed by atoms with van der Waals surface area (Å²) in [6.45, 7) is 8.08. The van der Waals surface area contributed by atoms with Crippen molar-refractivity contribution in [1.29, 1.82) is 0 Å². The lowest BCUT2D eigenvalue weighted by molar-refractivity contribution is 0.219.